The Kier molecular flexibility index (Phi) is 12.2. The fourth-order valence-corrected chi connectivity index (χ4v) is 3.11. The van der Waals surface area contributed by atoms with E-state index in [4.69, 9.17) is 16.2 Å². The average Bonchev–Trinajstić information content (AvgIpc) is 2.77. The van der Waals surface area contributed by atoms with Crippen molar-refractivity contribution < 1.29 is 24.0 Å². The Morgan fingerprint density at radius 3 is 2.09 bits per heavy atom. The minimum Gasteiger partial charge on any atom is -0.425 e. The highest BCUT2D eigenvalue weighted by molar-refractivity contribution is 5.92. The first-order valence-electron chi connectivity index (χ1n) is 11.5. The fraction of sp³-hybridized carbons (Fsp3) is 0.609. The molecule has 11 heteroatoms. The molecule has 0 radical (unpaired) electrons. The normalized spacial score (nSPS) is 13.8. The van der Waals surface area contributed by atoms with Gasteiger partial charge in [0.15, 0.2) is 0 Å². The van der Waals surface area contributed by atoms with Crippen LogP contribution >= 0.6 is 0 Å². The number of esters is 1. The number of carbonyl (C=O) groups excluding carboxylic acids is 3. The minimum atomic E-state index is -0.987. The summed E-state index contributed by atoms with van der Waals surface area (Å²) in [4.78, 5) is 48.6. The second-order valence-corrected chi connectivity index (χ2v) is 8.98. The molecule has 0 heterocycles. The van der Waals surface area contributed by atoms with Crippen LogP contribution in [0.15, 0.2) is 24.3 Å². The summed E-state index contributed by atoms with van der Waals surface area (Å²) in [6.07, 6.45) is 1.85. The Morgan fingerprint density at radius 1 is 1.00 bits per heavy atom. The van der Waals surface area contributed by atoms with Gasteiger partial charge in [0.05, 0.1) is 11.0 Å². The van der Waals surface area contributed by atoms with Gasteiger partial charge in [-0.15, -0.1) is 0 Å². The molecule has 0 aliphatic rings. The molecule has 34 heavy (non-hydrogen) atoms. The summed E-state index contributed by atoms with van der Waals surface area (Å²) in [5, 5.41) is 16.2. The van der Waals surface area contributed by atoms with Gasteiger partial charge in [-0.3, -0.25) is 19.7 Å². The predicted octanol–water partition coefficient (Wildman–Crippen LogP) is 1.63. The number of benzene rings is 1. The van der Waals surface area contributed by atoms with Crippen molar-refractivity contribution in [3.8, 4) is 5.75 Å². The Labute approximate surface area is 200 Å². The molecule has 0 aliphatic carbocycles. The molecular formula is C23H37N5O6. The first kappa shape index (κ1) is 29.0. The fourth-order valence-electron chi connectivity index (χ4n) is 3.11. The van der Waals surface area contributed by atoms with E-state index in [0.29, 0.717) is 25.8 Å². The second-order valence-electron chi connectivity index (χ2n) is 8.98. The van der Waals surface area contributed by atoms with Gasteiger partial charge in [0.2, 0.25) is 11.8 Å². The molecule has 190 valence electrons. The highest BCUT2D eigenvalue weighted by Crippen LogP contribution is 2.18. The zero-order chi connectivity index (χ0) is 25.8. The predicted molar refractivity (Wildman–Crippen MR) is 128 cm³/mol. The van der Waals surface area contributed by atoms with Crippen molar-refractivity contribution >= 4 is 23.5 Å². The Hall–Kier alpha value is -3.05. The van der Waals surface area contributed by atoms with Gasteiger partial charge in [0, 0.05) is 12.1 Å². The van der Waals surface area contributed by atoms with Gasteiger partial charge in [-0.05, 0) is 56.2 Å². The number of carbonyl (C=O) groups is 3. The maximum Gasteiger partial charge on any atom is 0.334 e. The minimum absolute atomic E-state index is 0.0917. The van der Waals surface area contributed by atoms with Crippen molar-refractivity contribution in [3.63, 3.8) is 0 Å². The highest BCUT2D eigenvalue weighted by atomic mass is 16.6. The van der Waals surface area contributed by atoms with Crippen molar-refractivity contribution in [1.29, 1.82) is 0 Å². The number of nitro groups is 1. The number of amides is 2. The molecule has 0 bridgehead atoms. The van der Waals surface area contributed by atoms with E-state index in [9.17, 15) is 24.5 Å². The van der Waals surface area contributed by atoms with Crippen LogP contribution < -0.4 is 26.8 Å². The summed E-state index contributed by atoms with van der Waals surface area (Å²) in [5.74, 6) is -1.57. The van der Waals surface area contributed by atoms with Crippen LogP contribution in [0.1, 0.15) is 53.4 Å². The van der Waals surface area contributed by atoms with Crippen molar-refractivity contribution in [2.24, 2.45) is 23.3 Å². The van der Waals surface area contributed by atoms with Gasteiger partial charge < -0.3 is 26.8 Å². The summed E-state index contributed by atoms with van der Waals surface area (Å²) in [5.41, 5.74) is 11.3. The molecule has 1 aromatic carbocycles. The molecule has 11 nitrogen and oxygen atoms in total. The lowest BCUT2D eigenvalue weighted by Crippen LogP contribution is -2.56. The molecule has 0 fully saturated rings. The van der Waals surface area contributed by atoms with Gasteiger partial charge in [-0.25, -0.2) is 4.79 Å². The number of non-ortho nitro benzene ring substituents is 1. The molecule has 0 aromatic heterocycles. The number of hydrogen-bond donors (Lipinski definition) is 4. The van der Waals surface area contributed by atoms with Crippen molar-refractivity contribution in [3.05, 3.63) is 34.4 Å². The molecule has 0 saturated heterocycles. The maximum atomic E-state index is 13.1. The molecule has 1 rings (SSSR count). The third-order valence-corrected chi connectivity index (χ3v) is 5.17. The molecule has 0 aliphatic heterocycles. The maximum absolute atomic E-state index is 13.1. The third kappa shape index (κ3) is 9.84. The van der Waals surface area contributed by atoms with E-state index in [-0.39, 0.29) is 29.7 Å². The molecule has 0 spiro atoms. The standard InChI is InChI=1S/C23H37N5O6/c1-14(2)13-19(27-22(30)20(25)15(3)4)21(29)26-18(7-5-6-12-24)23(31)34-17-10-8-16(9-11-17)28(32)33/h8-11,14-15,18-20H,5-7,12-13,24-25H2,1-4H3,(H,26,29)(H,27,30)/t18-,19-,20-/m0/s1. The first-order valence-corrected chi connectivity index (χ1v) is 11.5. The van der Waals surface area contributed by atoms with E-state index in [1.54, 1.807) is 0 Å². The van der Waals surface area contributed by atoms with Gasteiger partial charge in [-0.1, -0.05) is 27.7 Å². The average molecular weight is 480 g/mol. The molecule has 3 atom stereocenters. The third-order valence-electron chi connectivity index (χ3n) is 5.17. The first-order chi connectivity index (χ1) is 16.0. The SMILES string of the molecule is CC(C)C[C@H](NC(=O)[C@@H](N)C(C)C)C(=O)N[C@@H](CCCCN)C(=O)Oc1ccc([N+](=O)[O-])cc1. The Balaban J connectivity index is 2.97. The van der Waals surface area contributed by atoms with Crippen molar-refractivity contribution in [2.75, 3.05) is 6.54 Å². The summed E-state index contributed by atoms with van der Waals surface area (Å²) in [7, 11) is 0. The Bertz CT molecular complexity index is 828. The molecule has 1 aromatic rings. The zero-order valence-electron chi connectivity index (χ0n) is 20.3. The number of unbranched alkanes of at least 4 members (excludes halogenated alkanes) is 1. The number of nitrogens with zero attached hydrogens (tertiary/aromatic N) is 1. The van der Waals surface area contributed by atoms with Crippen molar-refractivity contribution in [2.45, 2.75) is 71.5 Å². The molecule has 6 N–H and O–H groups in total. The number of ether oxygens (including phenoxy) is 1. The molecule has 0 unspecified atom stereocenters. The second kappa shape index (κ2) is 14.3. The summed E-state index contributed by atoms with van der Waals surface area (Å²) in [6.45, 7) is 7.87. The van der Waals surface area contributed by atoms with Crippen LogP contribution in [-0.2, 0) is 14.4 Å². The van der Waals surface area contributed by atoms with E-state index < -0.39 is 40.8 Å². The van der Waals surface area contributed by atoms with Crippen LogP contribution in [0.5, 0.6) is 5.75 Å². The zero-order valence-corrected chi connectivity index (χ0v) is 20.3. The van der Waals surface area contributed by atoms with E-state index in [2.05, 4.69) is 10.6 Å². The van der Waals surface area contributed by atoms with Crippen LogP contribution in [0.4, 0.5) is 5.69 Å². The number of hydrogen-bond acceptors (Lipinski definition) is 8. The molecule has 2 amide bonds. The van der Waals surface area contributed by atoms with Gasteiger partial charge >= 0.3 is 5.97 Å². The van der Waals surface area contributed by atoms with Crippen LogP contribution in [0.2, 0.25) is 0 Å². The quantitative estimate of drug-likeness (QED) is 0.102. The van der Waals surface area contributed by atoms with E-state index in [1.807, 2.05) is 27.7 Å². The molecular weight excluding hydrogens is 442 g/mol. The lowest BCUT2D eigenvalue weighted by atomic mass is 10.00. The summed E-state index contributed by atoms with van der Waals surface area (Å²) < 4.78 is 5.34. The van der Waals surface area contributed by atoms with Gasteiger partial charge in [0.25, 0.3) is 5.69 Å². The number of nitro benzene ring substituents is 1. The van der Waals surface area contributed by atoms with Crippen LogP contribution in [-0.4, -0.2) is 47.4 Å². The topological polar surface area (TPSA) is 180 Å². The van der Waals surface area contributed by atoms with Crippen LogP contribution in [0, 0.1) is 22.0 Å². The van der Waals surface area contributed by atoms with Gasteiger partial charge in [-0.2, -0.15) is 0 Å². The van der Waals surface area contributed by atoms with Crippen molar-refractivity contribution in [1.82, 2.24) is 10.6 Å². The van der Waals surface area contributed by atoms with Crippen LogP contribution in [0.3, 0.4) is 0 Å². The van der Waals surface area contributed by atoms with Gasteiger partial charge in [0.1, 0.15) is 17.8 Å². The number of nitrogens with two attached hydrogens (primary N) is 2. The molecule has 0 saturated carbocycles. The van der Waals surface area contributed by atoms with Crippen LogP contribution in [0.25, 0.3) is 0 Å². The van der Waals surface area contributed by atoms with E-state index in [1.165, 1.54) is 24.3 Å². The monoisotopic (exact) mass is 479 g/mol. The largest absolute Gasteiger partial charge is 0.425 e. The number of rotatable bonds is 14. The van der Waals surface area contributed by atoms with E-state index in [0.717, 1.165) is 0 Å². The highest BCUT2D eigenvalue weighted by Gasteiger charge is 2.30. The van der Waals surface area contributed by atoms with E-state index >= 15 is 0 Å². The summed E-state index contributed by atoms with van der Waals surface area (Å²) in [6, 6.07) is 2.43. The smallest absolute Gasteiger partial charge is 0.334 e. The lowest BCUT2D eigenvalue weighted by molar-refractivity contribution is -0.384. The lowest BCUT2D eigenvalue weighted by Gasteiger charge is -2.25. The Morgan fingerprint density at radius 2 is 1.59 bits per heavy atom. The number of nitrogens with one attached hydrogen (secondary N) is 2. The summed E-state index contributed by atoms with van der Waals surface area (Å²) >= 11 is 0.